The maximum Gasteiger partial charge on any atom is 2.00 e. The number of alkyl halides is 54. The van der Waals surface area contributed by atoms with Gasteiger partial charge >= 0.3 is 171 Å². The van der Waals surface area contributed by atoms with Gasteiger partial charge in [-0.25, -0.2) is 45.9 Å². The number of hydrogen-bond donors (Lipinski definition) is 0. The summed E-state index contributed by atoms with van der Waals surface area (Å²) in [6.07, 6.45) is -108. The first-order valence-corrected chi connectivity index (χ1v) is 28.6. The minimum atomic E-state index is -6.13. The zero-order valence-electron chi connectivity index (χ0n) is 55.5. The predicted octanol–water partition coefficient (Wildman–Crippen LogP) is 16.4. The van der Waals surface area contributed by atoms with Gasteiger partial charge in [0.05, 0.1) is 0 Å². The van der Waals surface area contributed by atoms with Gasteiger partial charge in [-0.15, -0.1) is 0 Å². The van der Waals surface area contributed by atoms with E-state index in [1.54, 1.807) is 0 Å². The Kier molecular flexibility index (Phi) is 29.5. The second kappa shape index (κ2) is 33.7. The number of halogens is 54. The Labute approximate surface area is 665 Å². The second-order valence-electron chi connectivity index (χ2n) is 23.0. The maximum atomic E-state index is 13.6. The fraction of sp³-hybridized carbons (Fsp3) is 0.426. The van der Waals surface area contributed by atoms with Gasteiger partial charge in [0.1, 0.15) is 51.2 Å². The van der Waals surface area contributed by atoms with E-state index in [-0.39, 0.29) is 53.2 Å². The Hall–Kier alpha value is -9.47. The van der Waals surface area contributed by atoms with E-state index < -0.39 is 331 Å². The van der Waals surface area contributed by atoms with Gasteiger partial charge in [0.25, 0.3) is 0 Å². The Bertz CT molecular complexity index is 4150. The van der Waals surface area contributed by atoms with Gasteiger partial charge in [0.2, 0.25) is 0 Å². The normalized spacial score (nSPS) is 14.0. The Morgan fingerprint density at radius 2 is 0.210 bits per heavy atom. The fourth-order valence-corrected chi connectivity index (χ4v) is 10.1. The minimum absolute atomic E-state index is 0. The van der Waals surface area contributed by atoms with Crippen LogP contribution in [0.25, 0.3) is 0 Å². The number of hydrogen-bond acceptors (Lipinski definition) is 9. The molecule has 0 bridgehead atoms. The van der Waals surface area contributed by atoms with E-state index in [4.69, 9.17) is 0 Å². The zero-order valence-corrected chi connectivity index (χ0v) is 58.5. The second-order valence-corrected chi connectivity index (χ2v) is 23.0. The van der Waals surface area contributed by atoms with E-state index in [9.17, 15) is 237 Å². The number of nitrogens with zero attached hydrogens (tertiary/aromatic N) is 18. The maximum absolute atomic E-state index is 13.6. The first kappa shape index (κ1) is 109. The summed E-state index contributed by atoms with van der Waals surface area (Å²) in [4.78, 5) is 0. The molecule has 0 aromatic carbocycles. The number of rotatable bonds is 9. The third-order valence-corrected chi connectivity index (χ3v) is 14.7. The van der Waals surface area contributed by atoms with Crippen LogP contribution in [0, 0.1) is 0 Å². The van der Waals surface area contributed by atoms with Crippen molar-refractivity contribution in [3.8, 4) is 0 Å². The molecular weight excluding hydrogens is 1950 g/mol. The molecule has 0 saturated heterocycles. The smallest absolute Gasteiger partial charge is 0.392 e. The van der Waals surface area contributed by atoms with E-state index in [1.165, 1.54) is 0 Å². The molecule has 0 fully saturated rings. The first-order valence-electron chi connectivity index (χ1n) is 28.6. The predicted molar refractivity (Wildman–Crippen MR) is 284 cm³/mol. The molecule has 0 aliphatic carbocycles. The van der Waals surface area contributed by atoms with Crippen molar-refractivity contribution in [1.29, 1.82) is 0 Å². The van der Waals surface area contributed by atoms with Crippen molar-refractivity contribution < 1.29 is 275 Å². The fourth-order valence-electron chi connectivity index (χ4n) is 10.1. The molecule has 9 aromatic heterocycles. The van der Waals surface area contributed by atoms with Crippen LogP contribution in [0.3, 0.4) is 0 Å². The first-order chi connectivity index (χ1) is 52.9. The van der Waals surface area contributed by atoms with Crippen LogP contribution in [-0.2, 0) is 131 Å². The van der Waals surface area contributed by atoms with Crippen molar-refractivity contribution in [2.75, 3.05) is 0 Å². The summed E-state index contributed by atoms with van der Waals surface area (Å²) in [5.41, 5.74) is -49.0. The number of aromatic nitrogens is 18. The average Bonchev–Trinajstić information content (AvgIpc) is 1.58. The molecule has 688 valence electrons. The van der Waals surface area contributed by atoms with E-state index in [0.29, 0.717) is 0 Å². The molecule has 77 heteroatoms. The topological polar surface area (TPSA) is 160 Å². The summed E-state index contributed by atoms with van der Waals surface area (Å²) < 4.78 is 712. The summed E-state index contributed by atoms with van der Waals surface area (Å²) in [6.45, 7) is 0. The third kappa shape index (κ3) is 23.8. The standard InChI is InChI=1S/3C15H4BF18N6.2CH4.Li.Zn/c3*17-10(18,19)4-1-7(13(26,27)28)38(35-4)16(39-8(14(29,30)31)2-5(36-39)11(20,21)22)40-9(15(32,33)34)3-6(37-40)12(23,24)25;;;;/h3*1-3,16H;2*1H4;;/q3*-1;;;+1;+2. The van der Waals surface area contributed by atoms with Gasteiger partial charge in [-0.1, -0.05) is 14.9 Å². The SMILES string of the molecule is C.C.FC(F)(F)c1cc(C(F)(F)F)n([BH-](n2nc(C(F)(F)F)cc2C(F)(F)F)n2nc(C(F)(F)F)cc2C(F)(F)F)n1.FC(F)(F)c1cc(C(F)(F)F)n([BH-](n2nc(C(F)(F)F)cc2C(F)(F)F)n2nc(C(F)(F)F)cc2C(F)(F)F)n1.FC(F)(F)c1cc(C(F)(F)F)n([BH-](n2nc(C(F)(F)F)cc2C(F)(F)F)n2nc(C(F)(F)F)cc2C(F)(F)F)n1.[Li+].[Zn+2]. The van der Waals surface area contributed by atoms with Crippen LogP contribution in [0.1, 0.15) is 117 Å². The molecule has 0 atom stereocenters. The summed E-state index contributed by atoms with van der Waals surface area (Å²) >= 11 is 0. The van der Waals surface area contributed by atoms with Gasteiger partial charge in [-0.2, -0.15) is 237 Å². The Balaban J connectivity index is 0.000000472. The van der Waals surface area contributed by atoms with Crippen molar-refractivity contribution in [3.05, 3.63) is 157 Å². The van der Waals surface area contributed by atoms with E-state index in [0.717, 1.165) is 0 Å². The summed E-state index contributed by atoms with van der Waals surface area (Å²) in [5.74, 6) is 0. The Morgan fingerprint density at radius 3 is 0.258 bits per heavy atom. The molecule has 9 rings (SSSR count). The summed E-state index contributed by atoms with van der Waals surface area (Å²) in [6, 6.07) is -8.47. The van der Waals surface area contributed by atoms with Crippen LogP contribution in [0.5, 0.6) is 0 Å². The van der Waals surface area contributed by atoms with Gasteiger partial charge in [0.15, 0.2) is 51.2 Å². The summed E-state index contributed by atoms with van der Waals surface area (Å²) in [5, 5.41) is 20.5. The molecule has 0 spiro atoms. The molecule has 124 heavy (non-hydrogen) atoms. The molecule has 0 radical (unpaired) electrons. The molecule has 0 saturated carbocycles. The molecule has 9 heterocycles. The van der Waals surface area contributed by atoms with Crippen molar-refractivity contribution in [1.82, 2.24) is 87.2 Å². The van der Waals surface area contributed by atoms with Crippen LogP contribution in [0.2, 0.25) is 0 Å². The van der Waals surface area contributed by atoms with Gasteiger partial charge in [0, 0.05) is 0 Å². The van der Waals surface area contributed by atoms with Gasteiger partial charge in [-0.05, 0) is 54.6 Å². The van der Waals surface area contributed by atoms with Crippen LogP contribution < -0.4 is 18.9 Å². The van der Waals surface area contributed by atoms with Crippen molar-refractivity contribution in [3.63, 3.8) is 0 Å². The summed E-state index contributed by atoms with van der Waals surface area (Å²) in [7, 11) is -15.9. The van der Waals surface area contributed by atoms with Gasteiger partial charge in [-0.3, -0.25) is 0 Å². The van der Waals surface area contributed by atoms with E-state index >= 15 is 0 Å². The Morgan fingerprint density at radius 1 is 0.145 bits per heavy atom. The quantitative estimate of drug-likeness (QED) is 0.101. The van der Waals surface area contributed by atoms with E-state index in [1.807, 2.05) is 0 Å². The van der Waals surface area contributed by atoms with Crippen molar-refractivity contribution in [2.24, 2.45) is 0 Å². The molecule has 0 unspecified atom stereocenters. The molecule has 0 amide bonds. The molecule has 9 aromatic rings. The van der Waals surface area contributed by atoms with Crippen molar-refractivity contribution in [2.45, 2.75) is 126 Å². The van der Waals surface area contributed by atoms with Crippen LogP contribution in [0.4, 0.5) is 237 Å². The van der Waals surface area contributed by atoms with Gasteiger partial charge < -0.3 is 41.3 Å². The van der Waals surface area contributed by atoms with E-state index in [2.05, 4.69) is 45.9 Å². The van der Waals surface area contributed by atoms with Crippen LogP contribution in [-0.4, -0.2) is 109 Å². The van der Waals surface area contributed by atoms with Crippen molar-refractivity contribution >= 4 is 21.4 Å². The van der Waals surface area contributed by atoms with Crippen LogP contribution >= 0.6 is 0 Å². The molecule has 0 N–H and O–H groups in total. The molecule has 18 nitrogen and oxygen atoms in total. The largest absolute Gasteiger partial charge is 2.00 e. The monoisotopic (exact) mass is 1970 g/mol. The molecule has 0 aliphatic rings. The third-order valence-electron chi connectivity index (χ3n) is 14.7. The molecular formula is C47H20B3F54LiN18Zn. The average molecular weight is 1970 g/mol. The van der Waals surface area contributed by atoms with Crippen LogP contribution in [0.15, 0.2) is 54.6 Å². The zero-order chi connectivity index (χ0) is 93.0. The minimum Gasteiger partial charge on any atom is -0.392 e. The molecule has 0 aliphatic heterocycles.